The topological polar surface area (TPSA) is 103 Å². The summed E-state index contributed by atoms with van der Waals surface area (Å²) in [6, 6.07) is 14.6. The predicted octanol–water partition coefficient (Wildman–Crippen LogP) is 1.96. The standard InChI is InChI=1S/C26H35N5O4/c1-20-7-5-8-21(17-20)28-26(34)22-9-3-4-10-23(22)29-25(33)19-31-14-12-30(13-15-31)18-24(32)27-11-6-16-35-2/h3-5,7-10,17H,6,11-16,18-19H2,1-2H3,(H,27,32)(H,28,34)(H,29,33). The maximum atomic E-state index is 12.8. The molecule has 0 aromatic heterocycles. The number of hydrogen-bond acceptors (Lipinski definition) is 6. The van der Waals surface area contributed by atoms with E-state index in [-0.39, 0.29) is 24.3 Å². The Kier molecular flexibility index (Phi) is 10.2. The minimum Gasteiger partial charge on any atom is -0.385 e. The average molecular weight is 482 g/mol. The van der Waals surface area contributed by atoms with E-state index in [1.165, 1.54) is 0 Å². The van der Waals surface area contributed by atoms with Crippen LogP contribution in [0.15, 0.2) is 48.5 Å². The Balaban J connectivity index is 1.45. The summed E-state index contributed by atoms with van der Waals surface area (Å²) in [5.41, 5.74) is 2.64. The molecule has 0 radical (unpaired) electrons. The van der Waals surface area contributed by atoms with Gasteiger partial charge < -0.3 is 20.7 Å². The monoisotopic (exact) mass is 481 g/mol. The zero-order chi connectivity index (χ0) is 25.0. The molecule has 0 atom stereocenters. The first-order chi connectivity index (χ1) is 16.9. The molecule has 1 saturated heterocycles. The van der Waals surface area contributed by atoms with E-state index in [1.807, 2.05) is 31.2 Å². The van der Waals surface area contributed by atoms with Crippen molar-refractivity contribution >= 4 is 29.1 Å². The fraction of sp³-hybridized carbons (Fsp3) is 0.423. The second-order valence-corrected chi connectivity index (χ2v) is 8.67. The van der Waals surface area contributed by atoms with Crippen molar-refractivity contribution in [2.24, 2.45) is 0 Å². The Labute approximate surface area is 206 Å². The number of anilines is 2. The first kappa shape index (κ1) is 26.3. The van der Waals surface area contributed by atoms with E-state index in [2.05, 4.69) is 25.8 Å². The number of amides is 3. The second-order valence-electron chi connectivity index (χ2n) is 8.67. The molecule has 0 saturated carbocycles. The minimum atomic E-state index is -0.277. The van der Waals surface area contributed by atoms with E-state index in [9.17, 15) is 14.4 Å². The number of piperazine rings is 1. The normalized spacial score (nSPS) is 14.3. The molecule has 35 heavy (non-hydrogen) atoms. The van der Waals surface area contributed by atoms with Crippen molar-refractivity contribution < 1.29 is 19.1 Å². The van der Waals surface area contributed by atoms with Gasteiger partial charge in [-0.05, 0) is 43.2 Å². The van der Waals surface area contributed by atoms with E-state index in [1.54, 1.807) is 31.4 Å². The van der Waals surface area contributed by atoms with Gasteiger partial charge in [0.1, 0.15) is 0 Å². The highest BCUT2D eigenvalue weighted by atomic mass is 16.5. The highest BCUT2D eigenvalue weighted by Crippen LogP contribution is 2.18. The number of benzene rings is 2. The van der Waals surface area contributed by atoms with E-state index < -0.39 is 0 Å². The maximum absolute atomic E-state index is 12.8. The molecule has 9 nitrogen and oxygen atoms in total. The highest BCUT2D eigenvalue weighted by molar-refractivity contribution is 6.10. The van der Waals surface area contributed by atoms with Gasteiger partial charge in [0.15, 0.2) is 0 Å². The lowest BCUT2D eigenvalue weighted by Crippen LogP contribution is -2.51. The van der Waals surface area contributed by atoms with Gasteiger partial charge in [0.25, 0.3) is 5.91 Å². The fourth-order valence-corrected chi connectivity index (χ4v) is 3.91. The Hall–Kier alpha value is -3.27. The third kappa shape index (κ3) is 8.79. The molecular formula is C26H35N5O4. The van der Waals surface area contributed by atoms with Crippen molar-refractivity contribution in [2.45, 2.75) is 13.3 Å². The van der Waals surface area contributed by atoms with E-state index in [4.69, 9.17) is 4.74 Å². The van der Waals surface area contributed by atoms with Gasteiger partial charge in [0, 0.05) is 52.1 Å². The number of carbonyl (C=O) groups is 3. The van der Waals surface area contributed by atoms with Crippen molar-refractivity contribution in [1.29, 1.82) is 0 Å². The Morgan fingerprint density at radius 2 is 1.57 bits per heavy atom. The number of para-hydroxylation sites is 1. The molecule has 1 heterocycles. The third-order valence-corrected chi connectivity index (χ3v) is 5.77. The quantitative estimate of drug-likeness (QED) is 0.424. The SMILES string of the molecule is COCCCNC(=O)CN1CCN(CC(=O)Nc2ccccc2C(=O)Nc2cccc(C)c2)CC1. The largest absolute Gasteiger partial charge is 0.385 e. The first-order valence-electron chi connectivity index (χ1n) is 11.9. The molecule has 3 N–H and O–H groups in total. The molecule has 3 amide bonds. The Morgan fingerprint density at radius 3 is 2.26 bits per heavy atom. The number of nitrogens with zero attached hydrogens (tertiary/aromatic N) is 2. The van der Waals surface area contributed by atoms with Gasteiger partial charge in [-0.15, -0.1) is 0 Å². The van der Waals surface area contributed by atoms with Gasteiger partial charge >= 0.3 is 0 Å². The molecule has 0 aliphatic carbocycles. The molecule has 1 fully saturated rings. The summed E-state index contributed by atoms with van der Waals surface area (Å²) < 4.78 is 4.98. The van der Waals surface area contributed by atoms with E-state index in [0.29, 0.717) is 62.8 Å². The number of aryl methyl sites for hydroxylation is 1. The van der Waals surface area contributed by atoms with Gasteiger partial charge in [-0.25, -0.2) is 0 Å². The smallest absolute Gasteiger partial charge is 0.257 e. The van der Waals surface area contributed by atoms with Gasteiger partial charge in [0.05, 0.1) is 24.3 Å². The van der Waals surface area contributed by atoms with E-state index in [0.717, 1.165) is 12.0 Å². The summed E-state index contributed by atoms with van der Waals surface area (Å²) in [5, 5.41) is 8.67. The molecule has 2 aromatic carbocycles. The molecule has 1 aliphatic rings. The highest BCUT2D eigenvalue weighted by Gasteiger charge is 2.21. The Morgan fingerprint density at radius 1 is 0.886 bits per heavy atom. The van der Waals surface area contributed by atoms with E-state index >= 15 is 0 Å². The molecule has 0 unspecified atom stereocenters. The molecular weight excluding hydrogens is 446 g/mol. The van der Waals surface area contributed by atoms with Crippen molar-refractivity contribution in [3.8, 4) is 0 Å². The second kappa shape index (κ2) is 13.6. The van der Waals surface area contributed by atoms with Crippen LogP contribution in [0, 0.1) is 6.92 Å². The molecule has 1 aliphatic heterocycles. The number of rotatable bonds is 11. The van der Waals surface area contributed by atoms with Crippen LogP contribution in [0.5, 0.6) is 0 Å². The van der Waals surface area contributed by atoms with Crippen LogP contribution in [0.3, 0.4) is 0 Å². The van der Waals surface area contributed by atoms with Crippen LogP contribution in [0.4, 0.5) is 11.4 Å². The lowest BCUT2D eigenvalue weighted by Gasteiger charge is -2.33. The fourth-order valence-electron chi connectivity index (χ4n) is 3.91. The van der Waals surface area contributed by atoms with Gasteiger partial charge in [0.2, 0.25) is 11.8 Å². The van der Waals surface area contributed by atoms with Gasteiger partial charge in [-0.1, -0.05) is 24.3 Å². The van der Waals surface area contributed by atoms with Gasteiger partial charge in [-0.3, -0.25) is 24.2 Å². The van der Waals surface area contributed by atoms with Crippen LogP contribution in [0.2, 0.25) is 0 Å². The Bertz CT molecular complexity index is 1000. The molecule has 188 valence electrons. The van der Waals surface area contributed by atoms with Gasteiger partial charge in [-0.2, -0.15) is 0 Å². The van der Waals surface area contributed by atoms with Crippen LogP contribution in [0.25, 0.3) is 0 Å². The lowest BCUT2D eigenvalue weighted by molar-refractivity contribution is -0.123. The molecule has 0 bridgehead atoms. The van der Waals surface area contributed by atoms with Crippen molar-refractivity contribution in [3.63, 3.8) is 0 Å². The number of hydrogen-bond donors (Lipinski definition) is 3. The van der Waals surface area contributed by atoms with Crippen LogP contribution >= 0.6 is 0 Å². The van der Waals surface area contributed by atoms with Crippen molar-refractivity contribution in [2.75, 3.05) is 70.2 Å². The van der Waals surface area contributed by atoms with Crippen molar-refractivity contribution in [3.05, 3.63) is 59.7 Å². The maximum Gasteiger partial charge on any atom is 0.257 e. The minimum absolute atomic E-state index is 0.00726. The van der Waals surface area contributed by atoms with Crippen LogP contribution in [-0.2, 0) is 14.3 Å². The number of ether oxygens (including phenoxy) is 1. The molecule has 0 spiro atoms. The lowest BCUT2D eigenvalue weighted by atomic mass is 10.1. The zero-order valence-corrected chi connectivity index (χ0v) is 20.5. The molecule has 2 aromatic rings. The average Bonchev–Trinajstić information content (AvgIpc) is 2.83. The third-order valence-electron chi connectivity index (χ3n) is 5.77. The molecule has 3 rings (SSSR count). The summed E-state index contributed by atoms with van der Waals surface area (Å²) >= 11 is 0. The number of nitrogens with one attached hydrogen (secondary N) is 3. The number of carbonyl (C=O) groups excluding carboxylic acids is 3. The predicted molar refractivity (Wildman–Crippen MR) is 137 cm³/mol. The van der Waals surface area contributed by atoms with Crippen molar-refractivity contribution in [1.82, 2.24) is 15.1 Å². The summed E-state index contributed by atoms with van der Waals surface area (Å²) in [7, 11) is 1.64. The van der Waals surface area contributed by atoms with Crippen LogP contribution in [-0.4, -0.2) is 87.1 Å². The summed E-state index contributed by atoms with van der Waals surface area (Å²) in [5.74, 6) is -0.446. The molecule has 9 heteroatoms. The number of methoxy groups -OCH3 is 1. The van der Waals surface area contributed by atoms with Crippen LogP contribution in [0.1, 0.15) is 22.3 Å². The summed E-state index contributed by atoms with van der Waals surface area (Å²) in [6.45, 7) is 6.60. The zero-order valence-electron chi connectivity index (χ0n) is 20.5. The first-order valence-corrected chi connectivity index (χ1v) is 11.9. The summed E-state index contributed by atoms with van der Waals surface area (Å²) in [6.07, 6.45) is 0.793. The summed E-state index contributed by atoms with van der Waals surface area (Å²) in [4.78, 5) is 41.7. The van der Waals surface area contributed by atoms with Crippen LogP contribution < -0.4 is 16.0 Å².